The number of hydrogen-bond acceptors (Lipinski definition) is 1. The number of benzene rings is 1. The van der Waals surface area contributed by atoms with Crippen LogP contribution in [0.2, 0.25) is 0 Å². The summed E-state index contributed by atoms with van der Waals surface area (Å²) in [5.74, 6) is -0.139. The second-order valence-corrected chi connectivity index (χ2v) is 4.75. The fourth-order valence-corrected chi connectivity index (χ4v) is 1.88. The van der Waals surface area contributed by atoms with Gasteiger partial charge in [-0.3, -0.25) is 0 Å². The maximum absolute atomic E-state index is 13.1. The molecule has 1 unspecified atom stereocenters. The van der Waals surface area contributed by atoms with Gasteiger partial charge in [-0.25, -0.2) is 4.39 Å². The van der Waals surface area contributed by atoms with Gasteiger partial charge in [-0.15, -0.1) is 0 Å². The lowest BCUT2D eigenvalue weighted by Crippen LogP contribution is -2.33. The molecule has 0 aliphatic carbocycles. The van der Waals surface area contributed by atoms with E-state index >= 15 is 0 Å². The summed E-state index contributed by atoms with van der Waals surface area (Å²) in [4.78, 5) is 0. The molecular weight excluding hydrogens is 201 g/mol. The van der Waals surface area contributed by atoms with Gasteiger partial charge in [0.1, 0.15) is 5.82 Å². The molecule has 0 saturated heterocycles. The molecule has 2 heteroatoms. The van der Waals surface area contributed by atoms with Gasteiger partial charge in [0.05, 0.1) is 0 Å². The van der Waals surface area contributed by atoms with Gasteiger partial charge in [-0.05, 0) is 42.5 Å². The number of hydrogen-bond donors (Lipinski definition) is 1. The average molecular weight is 223 g/mol. The third-order valence-corrected chi connectivity index (χ3v) is 3.18. The Hall–Kier alpha value is -0.890. The van der Waals surface area contributed by atoms with E-state index in [1.165, 1.54) is 6.07 Å². The largest absolute Gasteiger partial charge is 0.316 e. The molecule has 0 heterocycles. The first-order valence-electron chi connectivity index (χ1n) is 6.05. The van der Waals surface area contributed by atoms with E-state index in [-0.39, 0.29) is 11.2 Å². The van der Waals surface area contributed by atoms with Crippen LogP contribution in [-0.2, 0) is 6.42 Å². The number of halogens is 1. The van der Waals surface area contributed by atoms with Crippen LogP contribution in [0.15, 0.2) is 24.3 Å². The van der Waals surface area contributed by atoms with Crippen molar-refractivity contribution < 1.29 is 4.39 Å². The SMILES string of the molecule is CCNCC(C)(CC)Cc1cccc(F)c1. The highest BCUT2D eigenvalue weighted by Crippen LogP contribution is 2.25. The van der Waals surface area contributed by atoms with Gasteiger partial charge >= 0.3 is 0 Å². The maximum Gasteiger partial charge on any atom is 0.123 e. The van der Waals surface area contributed by atoms with Crippen LogP contribution in [-0.4, -0.2) is 13.1 Å². The second-order valence-electron chi connectivity index (χ2n) is 4.75. The van der Waals surface area contributed by atoms with E-state index in [4.69, 9.17) is 0 Å². The Kier molecular flexibility index (Phi) is 4.94. The third-order valence-electron chi connectivity index (χ3n) is 3.18. The van der Waals surface area contributed by atoms with E-state index < -0.39 is 0 Å². The molecule has 0 fully saturated rings. The van der Waals surface area contributed by atoms with E-state index in [0.29, 0.717) is 0 Å². The first-order valence-corrected chi connectivity index (χ1v) is 6.05. The van der Waals surface area contributed by atoms with Gasteiger partial charge in [0.15, 0.2) is 0 Å². The summed E-state index contributed by atoms with van der Waals surface area (Å²) in [6, 6.07) is 6.92. The first-order chi connectivity index (χ1) is 7.59. The van der Waals surface area contributed by atoms with E-state index in [2.05, 4.69) is 26.1 Å². The predicted octanol–water partition coefficient (Wildman–Crippen LogP) is 3.39. The molecule has 1 rings (SSSR count). The van der Waals surface area contributed by atoms with E-state index in [9.17, 15) is 4.39 Å². The highest BCUT2D eigenvalue weighted by Gasteiger charge is 2.21. The molecule has 0 saturated carbocycles. The Morgan fingerprint density at radius 3 is 2.62 bits per heavy atom. The average Bonchev–Trinajstić information content (AvgIpc) is 2.26. The summed E-state index contributed by atoms with van der Waals surface area (Å²) < 4.78 is 13.1. The minimum atomic E-state index is -0.139. The van der Waals surface area contributed by atoms with Crippen LogP contribution in [0.3, 0.4) is 0 Å². The molecule has 1 nitrogen and oxygen atoms in total. The van der Waals surface area contributed by atoms with Crippen molar-refractivity contribution >= 4 is 0 Å². The van der Waals surface area contributed by atoms with Crippen molar-refractivity contribution in [1.29, 1.82) is 0 Å². The monoisotopic (exact) mass is 223 g/mol. The highest BCUT2D eigenvalue weighted by atomic mass is 19.1. The lowest BCUT2D eigenvalue weighted by Gasteiger charge is -2.28. The molecule has 90 valence electrons. The van der Waals surface area contributed by atoms with Gasteiger partial charge in [0, 0.05) is 6.54 Å². The molecule has 1 aromatic carbocycles. The minimum absolute atomic E-state index is 0.139. The molecule has 1 aromatic rings. The molecule has 1 atom stereocenters. The molecule has 0 aliphatic heterocycles. The molecule has 0 aromatic heterocycles. The van der Waals surface area contributed by atoms with Crippen molar-refractivity contribution in [2.24, 2.45) is 5.41 Å². The van der Waals surface area contributed by atoms with Gasteiger partial charge < -0.3 is 5.32 Å². The van der Waals surface area contributed by atoms with Crippen LogP contribution < -0.4 is 5.32 Å². The minimum Gasteiger partial charge on any atom is -0.316 e. The molecule has 1 N–H and O–H groups in total. The fourth-order valence-electron chi connectivity index (χ4n) is 1.88. The van der Waals surface area contributed by atoms with Crippen molar-refractivity contribution in [3.63, 3.8) is 0 Å². The molecule has 0 spiro atoms. The smallest absolute Gasteiger partial charge is 0.123 e. The molecular formula is C14H22FN. The van der Waals surface area contributed by atoms with Crippen LogP contribution in [0.5, 0.6) is 0 Å². The predicted molar refractivity (Wildman–Crippen MR) is 67.0 cm³/mol. The lowest BCUT2D eigenvalue weighted by molar-refractivity contribution is 0.292. The van der Waals surface area contributed by atoms with Gasteiger partial charge in [-0.1, -0.05) is 32.9 Å². The Morgan fingerprint density at radius 2 is 2.06 bits per heavy atom. The van der Waals surface area contributed by atoms with Crippen LogP contribution in [0.25, 0.3) is 0 Å². The zero-order valence-electron chi connectivity index (χ0n) is 10.5. The van der Waals surface area contributed by atoms with Crippen LogP contribution in [0.4, 0.5) is 4.39 Å². The van der Waals surface area contributed by atoms with E-state index in [1.54, 1.807) is 12.1 Å². The zero-order valence-corrected chi connectivity index (χ0v) is 10.5. The van der Waals surface area contributed by atoms with Crippen LogP contribution >= 0.6 is 0 Å². The van der Waals surface area contributed by atoms with Gasteiger partial charge in [0.2, 0.25) is 0 Å². The van der Waals surface area contributed by atoms with E-state index in [1.807, 2.05) is 6.07 Å². The number of nitrogens with one attached hydrogen (secondary N) is 1. The molecule has 16 heavy (non-hydrogen) atoms. The maximum atomic E-state index is 13.1. The Balaban J connectivity index is 2.68. The summed E-state index contributed by atoms with van der Waals surface area (Å²) >= 11 is 0. The topological polar surface area (TPSA) is 12.0 Å². The molecule has 0 bridgehead atoms. The molecule has 0 amide bonds. The summed E-state index contributed by atoms with van der Waals surface area (Å²) in [6.45, 7) is 8.52. The van der Waals surface area contributed by atoms with Crippen molar-refractivity contribution in [3.8, 4) is 0 Å². The summed E-state index contributed by atoms with van der Waals surface area (Å²) in [7, 11) is 0. The second kappa shape index (κ2) is 6.00. The van der Waals surface area contributed by atoms with Crippen molar-refractivity contribution in [2.75, 3.05) is 13.1 Å². The first kappa shape index (κ1) is 13.2. The van der Waals surface area contributed by atoms with Crippen LogP contribution in [0, 0.1) is 11.2 Å². The quantitative estimate of drug-likeness (QED) is 0.779. The Bertz CT molecular complexity index is 324. The van der Waals surface area contributed by atoms with Crippen LogP contribution in [0.1, 0.15) is 32.8 Å². The van der Waals surface area contributed by atoms with Crippen molar-refractivity contribution in [2.45, 2.75) is 33.6 Å². The van der Waals surface area contributed by atoms with E-state index in [0.717, 1.165) is 31.5 Å². The lowest BCUT2D eigenvalue weighted by atomic mass is 9.81. The molecule has 0 aliphatic rings. The van der Waals surface area contributed by atoms with Gasteiger partial charge in [-0.2, -0.15) is 0 Å². The van der Waals surface area contributed by atoms with Crippen molar-refractivity contribution in [1.82, 2.24) is 5.32 Å². The third kappa shape index (κ3) is 3.93. The fraction of sp³-hybridized carbons (Fsp3) is 0.571. The molecule has 0 radical (unpaired) electrons. The normalized spacial score (nSPS) is 14.8. The Morgan fingerprint density at radius 1 is 1.31 bits per heavy atom. The summed E-state index contributed by atoms with van der Waals surface area (Å²) in [6.07, 6.45) is 2.02. The zero-order chi connectivity index (χ0) is 12.0. The van der Waals surface area contributed by atoms with Crippen molar-refractivity contribution in [3.05, 3.63) is 35.6 Å². The summed E-state index contributed by atoms with van der Waals surface area (Å²) in [5.41, 5.74) is 1.30. The summed E-state index contributed by atoms with van der Waals surface area (Å²) in [5, 5.41) is 3.38. The van der Waals surface area contributed by atoms with Gasteiger partial charge in [0.25, 0.3) is 0 Å². The standard InChI is InChI=1S/C14H22FN/c1-4-14(3,11-16-5-2)10-12-7-6-8-13(15)9-12/h6-9,16H,4-5,10-11H2,1-3H3. The number of rotatable bonds is 6. The highest BCUT2D eigenvalue weighted by molar-refractivity contribution is 5.18. The Labute approximate surface area is 98.1 Å².